The van der Waals surface area contributed by atoms with Gasteiger partial charge in [-0.05, 0) is 31.5 Å². The van der Waals surface area contributed by atoms with Gasteiger partial charge in [0, 0.05) is 23.1 Å². The first kappa shape index (κ1) is 11.8. The summed E-state index contributed by atoms with van der Waals surface area (Å²) < 4.78 is 5.26. The predicted octanol–water partition coefficient (Wildman–Crippen LogP) is 2.85. The fourth-order valence-electron chi connectivity index (χ4n) is 2.02. The van der Waals surface area contributed by atoms with Crippen LogP contribution < -0.4 is 10.1 Å². The lowest BCUT2D eigenvalue weighted by Crippen LogP contribution is -2.48. The number of ether oxygens (including phenoxy) is 1. The van der Waals surface area contributed by atoms with Gasteiger partial charge in [0.15, 0.2) is 0 Å². The summed E-state index contributed by atoms with van der Waals surface area (Å²) >= 11 is 2.01. The Morgan fingerprint density at radius 1 is 1.44 bits per heavy atom. The lowest BCUT2D eigenvalue weighted by Gasteiger charge is -2.37. The van der Waals surface area contributed by atoms with Crippen LogP contribution in [0.15, 0.2) is 24.3 Å². The Morgan fingerprint density at radius 2 is 2.25 bits per heavy atom. The van der Waals surface area contributed by atoms with Crippen LogP contribution in [0.2, 0.25) is 0 Å². The zero-order valence-corrected chi connectivity index (χ0v) is 10.9. The van der Waals surface area contributed by atoms with Gasteiger partial charge < -0.3 is 10.1 Å². The molecule has 3 heteroatoms. The van der Waals surface area contributed by atoms with E-state index >= 15 is 0 Å². The second-order valence-corrected chi connectivity index (χ2v) is 5.90. The maximum absolute atomic E-state index is 5.26. The highest BCUT2D eigenvalue weighted by Gasteiger charge is 2.28. The quantitative estimate of drug-likeness (QED) is 0.854. The zero-order valence-electron chi connectivity index (χ0n) is 10.1. The number of nitrogens with one attached hydrogen (secondary N) is 1. The first-order chi connectivity index (χ1) is 7.61. The monoisotopic (exact) mass is 237 g/mol. The van der Waals surface area contributed by atoms with Crippen LogP contribution in [0.25, 0.3) is 0 Å². The number of hydrogen-bond donors (Lipinski definition) is 1. The van der Waals surface area contributed by atoms with Crippen molar-refractivity contribution >= 4 is 11.8 Å². The van der Waals surface area contributed by atoms with Crippen molar-refractivity contribution in [3.63, 3.8) is 0 Å². The van der Waals surface area contributed by atoms with Crippen LogP contribution in [0.4, 0.5) is 0 Å². The van der Waals surface area contributed by atoms with Crippen LogP contribution in [0.5, 0.6) is 5.75 Å². The van der Waals surface area contributed by atoms with Crippen molar-refractivity contribution < 1.29 is 4.74 Å². The predicted molar refractivity (Wildman–Crippen MR) is 70.3 cm³/mol. The Morgan fingerprint density at radius 3 is 2.94 bits per heavy atom. The van der Waals surface area contributed by atoms with Gasteiger partial charge in [-0.3, -0.25) is 0 Å². The van der Waals surface area contributed by atoms with Crippen LogP contribution in [0, 0.1) is 0 Å². The summed E-state index contributed by atoms with van der Waals surface area (Å²) in [6, 6.07) is 8.78. The normalized spacial score (nSPS) is 24.1. The van der Waals surface area contributed by atoms with Crippen molar-refractivity contribution in [3.8, 4) is 5.75 Å². The molecule has 2 rings (SSSR count). The summed E-state index contributed by atoms with van der Waals surface area (Å²) in [6.45, 7) is 4.51. The van der Waals surface area contributed by atoms with Crippen molar-refractivity contribution in [1.29, 1.82) is 0 Å². The van der Waals surface area contributed by atoms with Crippen molar-refractivity contribution in [2.24, 2.45) is 0 Å². The first-order valence-corrected chi connectivity index (χ1v) is 6.75. The van der Waals surface area contributed by atoms with Gasteiger partial charge in [-0.2, -0.15) is 11.8 Å². The van der Waals surface area contributed by atoms with Crippen LogP contribution in [-0.2, 0) is 0 Å². The van der Waals surface area contributed by atoms with Gasteiger partial charge in [0.25, 0.3) is 0 Å². The molecular weight excluding hydrogens is 218 g/mol. The molecule has 2 nitrogen and oxygen atoms in total. The molecule has 1 unspecified atom stereocenters. The van der Waals surface area contributed by atoms with E-state index in [-0.39, 0.29) is 5.54 Å². The van der Waals surface area contributed by atoms with Crippen LogP contribution >= 0.6 is 11.8 Å². The maximum atomic E-state index is 5.26. The summed E-state index contributed by atoms with van der Waals surface area (Å²) in [5.41, 5.74) is 1.54. The van der Waals surface area contributed by atoms with Crippen LogP contribution in [-0.4, -0.2) is 24.2 Å². The van der Waals surface area contributed by atoms with Gasteiger partial charge in [-0.15, -0.1) is 0 Å². The Labute approximate surface area is 102 Å². The number of hydrogen-bond acceptors (Lipinski definition) is 3. The molecule has 1 fully saturated rings. The summed E-state index contributed by atoms with van der Waals surface area (Å²) in [4.78, 5) is 0. The molecular formula is C13H19NOS. The second-order valence-electron chi connectivity index (χ2n) is 4.87. The van der Waals surface area contributed by atoms with Gasteiger partial charge in [-0.1, -0.05) is 12.1 Å². The van der Waals surface area contributed by atoms with E-state index in [2.05, 4.69) is 37.4 Å². The zero-order chi connectivity index (χ0) is 11.6. The van der Waals surface area contributed by atoms with Gasteiger partial charge in [0.2, 0.25) is 0 Å². The molecule has 1 aliphatic heterocycles. The van der Waals surface area contributed by atoms with Crippen molar-refractivity contribution in [3.05, 3.63) is 29.8 Å². The summed E-state index contributed by atoms with van der Waals surface area (Å²) in [6.07, 6.45) is 0. The number of rotatable bonds is 2. The van der Waals surface area contributed by atoms with Crippen molar-refractivity contribution in [2.75, 3.05) is 18.6 Å². The summed E-state index contributed by atoms with van der Waals surface area (Å²) in [7, 11) is 1.71. The molecule has 0 saturated carbocycles. The van der Waals surface area contributed by atoms with E-state index < -0.39 is 0 Å². The average molecular weight is 237 g/mol. The Kier molecular flexibility index (Phi) is 3.45. The van der Waals surface area contributed by atoms with Crippen LogP contribution in [0.3, 0.4) is 0 Å². The lowest BCUT2D eigenvalue weighted by molar-refractivity contribution is 0.373. The standard InChI is InChI=1S/C13H19NOS/c1-13(2)9-16-8-12(14-13)10-5-4-6-11(7-10)15-3/h4-7,12,14H,8-9H2,1-3H3. The van der Waals surface area contributed by atoms with Crippen LogP contribution in [0.1, 0.15) is 25.5 Å². The fourth-order valence-corrected chi connectivity index (χ4v) is 3.25. The van der Waals surface area contributed by atoms with E-state index in [9.17, 15) is 0 Å². The molecule has 16 heavy (non-hydrogen) atoms. The largest absolute Gasteiger partial charge is 0.497 e. The van der Waals surface area contributed by atoms with E-state index in [0.717, 1.165) is 11.5 Å². The molecule has 0 bridgehead atoms. The SMILES string of the molecule is COc1cccc(C2CSCC(C)(C)N2)c1. The van der Waals surface area contributed by atoms with Gasteiger partial charge >= 0.3 is 0 Å². The molecule has 1 aromatic carbocycles. The molecule has 0 amide bonds. The number of thioether (sulfide) groups is 1. The molecule has 1 atom stereocenters. The highest BCUT2D eigenvalue weighted by molar-refractivity contribution is 7.99. The molecule has 1 heterocycles. The maximum Gasteiger partial charge on any atom is 0.119 e. The molecule has 1 saturated heterocycles. The minimum atomic E-state index is 0.219. The van der Waals surface area contributed by atoms with Gasteiger partial charge in [0.05, 0.1) is 7.11 Å². The van der Waals surface area contributed by atoms with Crippen molar-refractivity contribution in [2.45, 2.75) is 25.4 Å². The number of benzene rings is 1. The van der Waals surface area contributed by atoms with E-state index in [1.165, 1.54) is 11.3 Å². The molecule has 0 spiro atoms. The molecule has 0 aliphatic carbocycles. The molecule has 1 aliphatic rings. The summed E-state index contributed by atoms with van der Waals surface area (Å²) in [5.74, 6) is 3.25. The highest BCUT2D eigenvalue weighted by atomic mass is 32.2. The summed E-state index contributed by atoms with van der Waals surface area (Å²) in [5, 5.41) is 3.68. The fraction of sp³-hybridized carbons (Fsp3) is 0.538. The van der Waals surface area contributed by atoms with Gasteiger partial charge in [-0.25, -0.2) is 0 Å². The van der Waals surface area contributed by atoms with E-state index in [1.54, 1.807) is 7.11 Å². The Bertz CT molecular complexity index is 365. The minimum absolute atomic E-state index is 0.219. The minimum Gasteiger partial charge on any atom is -0.497 e. The topological polar surface area (TPSA) is 21.3 Å². The highest BCUT2D eigenvalue weighted by Crippen LogP contribution is 2.30. The Balaban J connectivity index is 2.16. The third-order valence-corrected chi connectivity index (χ3v) is 4.30. The molecule has 1 N–H and O–H groups in total. The molecule has 88 valence electrons. The molecule has 0 aromatic heterocycles. The molecule has 0 radical (unpaired) electrons. The first-order valence-electron chi connectivity index (χ1n) is 5.60. The lowest BCUT2D eigenvalue weighted by atomic mass is 10.0. The average Bonchev–Trinajstić information content (AvgIpc) is 2.28. The van der Waals surface area contributed by atoms with Crippen molar-refractivity contribution in [1.82, 2.24) is 5.32 Å². The second kappa shape index (κ2) is 4.68. The third-order valence-electron chi connectivity index (χ3n) is 2.81. The Hall–Kier alpha value is -0.670. The van der Waals surface area contributed by atoms with E-state index in [4.69, 9.17) is 4.74 Å². The third kappa shape index (κ3) is 2.71. The molecule has 1 aromatic rings. The van der Waals surface area contributed by atoms with E-state index in [1.807, 2.05) is 17.8 Å². The van der Waals surface area contributed by atoms with E-state index in [0.29, 0.717) is 6.04 Å². The van der Waals surface area contributed by atoms with Gasteiger partial charge in [0.1, 0.15) is 5.75 Å². The smallest absolute Gasteiger partial charge is 0.119 e. The number of methoxy groups -OCH3 is 1.